The average molecular weight is 422 g/mol. The fraction of sp³-hybridized carbons (Fsp3) is 0.421. The maximum atomic E-state index is 13.4. The van der Waals surface area contributed by atoms with Crippen molar-refractivity contribution in [1.29, 1.82) is 5.26 Å². The summed E-state index contributed by atoms with van der Waals surface area (Å²) < 4.78 is 56.8. The van der Waals surface area contributed by atoms with E-state index in [2.05, 4.69) is 16.7 Å². The Balaban J connectivity index is 1.95. The minimum atomic E-state index is -3.47. The number of hydrogen-bond donors (Lipinski definition) is 0. The fourth-order valence-corrected chi connectivity index (χ4v) is 3.69. The van der Waals surface area contributed by atoms with Gasteiger partial charge < -0.3 is 4.74 Å². The van der Waals surface area contributed by atoms with Crippen LogP contribution < -0.4 is 4.74 Å². The van der Waals surface area contributed by atoms with Gasteiger partial charge in [0, 0.05) is 12.5 Å². The zero-order chi connectivity index (χ0) is 21.2. The molecule has 0 atom stereocenters. The quantitative estimate of drug-likeness (QED) is 0.660. The minimum Gasteiger partial charge on any atom is -0.476 e. The predicted octanol–water partition coefficient (Wildman–Crippen LogP) is 3.61. The molecule has 1 aliphatic carbocycles. The third kappa shape index (κ3) is 4.62. The van der Waals surface area contributed by atoms with Crippen molar-refractivity contribution in [2.24, 2.45) is 5.92 Å². The SMILES string of the molecule is C=C1CCC(COc2c(C#N)c(C(F)F)nn2-c2ccc(S(C)(=O)=O)cn2)CC1. The molecule has 1 saturated carbocycles. The number of aromatic nitrogens is 3. The van der Waals surface area contributed by atoms with Crippen molar-refractivity contribution in [3.8, 4) is 17.8 Å². The van der Waals surface area contributed by atoms with Crippen LogP contribution in [0.1, 0.15) is 43.4 Å². The molecule has 7 nitrogen and oxygen atoms in total. The molecule has 0 amide bonds. The largest absolute Gasteiger partial charge is 0.476 e. The van der Waals surface area contributed by atoms with Crippen molar-refractivity contribution in [3.05, 3.63) is 41.7 Å². The Morgan fingerprint density at radius 3 is 2.59 bits per heavy atom. The van der Waals surface area contributed by atoms with E-state index < -0.39 is 22.0 Å². The van der Waals surface area contributed by atoms with Gasteiger partial charge in [0.15, 0.2) is 21.3 Å². The Labute approximate surface area is 167 Å². The van der Waals surface area contributed by atoms with Crippen LogP contribution in [0.15, 0.2) is 35.4 Å². The van der Waals surface area contributed by atoms with Crippen LogP contribution in [-0.4, -0.2) is 36.0 Å². The average Bonchev–Trinajstić information content (AvgIpc) is 3.06. The van der Waals surface area contributed by atoms with Gasteiger partial charge in [0.1, 0.15) is 11.6 Å². The van der Waals surface area contributed by atoms with Gasteiger partial charge in [0.25, 0.3) is 6.43 Å². The third-order valence-electron chi connectivity index (χ3n) is 4.82. The molecule has 0 spiro atoms. The highest BCUT2D eigenvalue weighted by atomic mass is 32.2. The lowest BCUT2D eigenvalue weighted by atomic mass is 9.87. The van der Waals surface area contributed by atoms with E-state index in [-0.39, 0.29) is 34.7 Å². The summed E-state index contributed by atoms with van der Waals surface area (Å²) >= 11 is 0. The Kier molecular flexibility index (Phi) is 5.98. The fourth-order valence-electron chi connectivity index (χ4n) is 3.13. The van der Waals surface area contributed by atoms with Gasteiger partial charge in [-0.25, -0.2) is 22.2 Å². The molecule has 2 heterocycles. The summed E-state index contributed by atoms with van der Waals surface area (Å²) in [6.45, 7) is 4.21. The van der Waals surface area contributed by atoms with E-state index in [0.717, 1.165) is 42.8 Å². The van der Waals surface area contributed by atoms with E-state index in [1.807, 2.05) is 0 Å². The van der Waals surface area contributed by atoms with Crippen LogP contribution in [0.3, 0.4) is 0 Å². The summed E-state index contributed by atoms with van der Waals surface area (Å²) in [6, 6.07) is 4.37. The number of nitriles is 1. The summed E-state index contributed by atoms with van der Waals surface area (Å²) in [7, 11) is -3.47. The molecule has 2 aromatic rings. The van der Waals surface area contributed by atoms with Crippen molar-refractivity contribution in [2.75, 3.05) is 12.9 Å². The summed E-state index contributed by atoms with van der Waals surface area (Å²) in [5, 5.41) is 13.2. The van der Waals surface area contributed by atoms with Crippen LogP contribution in [0.4, 0.5) is 8.78 Å². The molecule has 0 saturated heterocycles. The van der Waals surface area contributed by atoms with Crippen LogP contribution in [0, 0.1) is 17.2 Å². The van der Waals surface area contributed by atoms with Crippen LogP contribution in [0.2, 0.25) is 0 Å². The van der Waals surface area contributed by atoms with E-state index >= 15 is 0 Å². The van der Waals surface area contributed by atoms with Gasteiger partial charge in [-0.3, -0.25) is 0 Å². The maximum Gasteiger partial charge on any atom is 0.283 e. The zero-order valence-electron chi connectivity index (χ0n) is 15.8. The van der Waals surface area contributed by atoms with Gasteiger partial charge >= 0.3 is 0 Å². The number of halogens is 2. The van der Waals surface area contributed by atoms with Gasteiger partial charge in [-0.15, -0.1) is 0 Å². The first kappa shape index (κ1) is 20.9. The van der Waals surface area contributed by atoms with E-state index in [9.17, 15) is 22.5 Å². The molecule has 1 fully saturated rings. The Morgan fingerprint density at radius 2 is 2.07 bits per heavy atom. The lowest BCUT2D eigenvalue weighted by Gasteiger charge is -2.23. The molecule has 10 heteroatoms. The van der Waals surface area contributed by atoms with E-state index in [4.69, 9.17) is 4.74 Å². The predicted molar refractivity (Wildman–Crippen MR) is 101 cm³/mol. The Bertz CT molecular complexity index is 1050. The highest BCUT2D eigenvalue weighted by Crippen LogP contribution is 2.33. The third-order valence-corrected chi connectivity index (χ3v) is 5.92. The highest BCUT2D eigenvalue weighted by Gasteiger charge is 2.28. The number of ether oxygens (including phenoxy) is 1. The normalized spacial score (nSPS) is 15.5. The number of allylic oxidation sites excluding steroid dienone is 1. The molecular formula is C19H20F2N4O3S. The van der Waals surface area contributed by atoms with Crippen LogP contribution in [0.5, 0.6) is 5.88 Å². The van der Waals surface area contributed by atoms with Crippen LogP contribution >= 0.6 is 0 Å². The zero-order valence-corrected chi connectivity index (χ0v) is 16.6. The number of sulfone groups is 1. The molecule has 0 aliphatic heterocycles. The number of nitrogens with zero attached hydrogens (tertiary/aromatic N) is 4. The standard InChI is InChI=1S/C19H20F2N4O3S/c1-12-3-5-13(6-4-12)11-28-19-15(9-22)17(18(20)21)24-25(19)16-8-7-14(10-23-16)29(2,26)27/h7-8,10,13,18H,1,3-6,11H2,2H3. The first-order chi connectivity index (χ1) is 13.7. The summed E-state index contributed by atoms with van der Waals surface area (Å²) in [5.74, 6) is 0.172. The lowest BCUT2D eigenvalue weighted by Crippen LogP contribution is -2.18. The number of hydrogen-bond acceptors (Lipinski definition) is 6. The van der Waals surface area contributed by atoms with Crippen molar-refractivity contribution in [3.63, 3.8) is 0 Å². The van der Waals surface area contributed by atoms with Crippen LogP contribution in [-0.2, 0) is 9.84 Å². The molecule has 29 heavy (non-hydrogen) atoms. The number of rotatable bonds is 6. The molecule has 3 rings (SSSR count). The first-order valence-electron chi connectivity index (χ1n) is 8.97. The molecule has 1 aliphatic rings. The van der Waals surface area contributed by atoms with Gasteiger partial charge in [-0.1, -0.05) is 12.2 Å². The molecule has 0 N–H and O–H groups in total. The second-order valence-corrected chi connectivity index (χ2v) is 9.03. The highest BCUT2D eigenvalue weighted by molar-refractivity contribution is 7.90. The van der Waals surface area contributed by atoms with Crippen LogP contribution in [0.25, 0.3) is 5.82 Å². The molecule has 0 aromatic carbocycles. The summed E-state index contributed by atoms with van der Waals surface area (Å²) in [4.78, 5) is 3.98. The Hall–Kier alpha value is -2.80. The van der Waals surface area contributed by atoms with Crippen molar-refractivity contribution < 1.29 is 21.9 Å². The first-order valence-corrected chi connectivity index (χ1v) is 10.9. The van der Waals surface area contributed by atoms with Crippen molar-refractivity contribution >= 4 is 9.84 Å². The Morgan fingerprint density at radius 1 is 1.38 bits per heavy atom. The maximum absolute atomic E-state index is 13.4. The molecule has 0 bridgehead atoms. The molecular weight excluding hydrogens is 402 g/mol. The van der Waals surface area contributed by atoms with Crippen molar-refractivity contribution in [1.82, 2.24) is 14.8 Å². The van der Waals surface area contributed by atoms with Gasteiger partial charge in [0.2, 0.25) is 5.88 Å². The number of pyridine rings is 1. The molecule has 154 valence electrons. The molecule has 0 radical (unpaired) electrons. The van der Waals surface area contributed by atoms with Crippen molar-refractivity contribution in [2.45, 2.75) is 37.0 Å². The summed E-state index contributed by atoms with van der Waals surface area (Å²) in [6.07, 6.45) is 2.69. The second kappa shape index (κ2) is 8.29. The monoisotopic (exact) mass is 422 g/mol. The molecule has 2 aromatic heterocycles. The lowest BCUT2D eigenvalue weighted by molar-refractivity contribution is 0.145. The minimum absolute atomic E-state index is 0.0205. The van der Waals surface area contributed by atoms with E-state index in [1.165, 1.54) is 17.7 Å². The van der Waals surface area contributed by atoms with E-state index in [0.29, 0.717) is 0 Å². The molecule has 0 unspecified atom stereocenters. The van der Waals surface area contributed by atoms with Gasteiger partial charge in [-0.2, -0.15) is 15.0 Å². The van der Waals surface area contributed by atoms with Gasteiger partial charge in [-0.05, 0) is 43.7 Å². The van der Waals surface area contributed by atoms with E-state index in [1.54, 1.807) is 6.07 Å². The second-order valence-electron chi connectivity index (χ2n) is 7.02. The summed E-state index contributed by atoms with van der Waals surface area (Å²) in [5.41, 5.74) is 0.127. The van der Waals surface area contributed by atoms with Gasteiger partial charge in [0.05, 0.1) is 11.5 Å². The topological polar surface area (TPSA) is 97.9 Å². The number of alkyl halides is 2. The smallest absolute Gasteiger partial charge is 0.283 e.